The molecule has 0 aromatic heterocycles. The van der Waals surface area contributed by atoms with Crippen molar-refractivity contribution in [1.29, 1.82) is 0 Å². The molecular weight excluding hydrogens is 124 g/mol. The van der Waals surface area contributed by atoms with E-state index in [-0.39, 0.29) is 5.60 Å². The van der Waals surface area contributed by atoms with Crippen LogP contribution in [-0.4, -0.2) is 12.2 Å². The highest BCUT2D eigenvalue weighted by Gasteiger charge is 2.31. The van der Waals surface area contributed by atoms with Gasteiger partial charge in [-0.05, 0) is 31.9 Å². The lowest BCUT2D eigenvalue weighted by molar-refractivity contribution is 0.0646. The van der Waals surface area contributed by atoms with Crippen molar-refractivity contribution in [3.8, 4) is 0 Å². The molecular formula is C9H14O. The molecule has 0 aromatic rings. The van der Waals surface area contributed by atoms with Crippen molar-refractivity contribution in [2.75, 3.05) is 6.61 Å². The molecule has 1 heterocycles. The van der Waals surface area contributed by atoms with Crippen LogP contribution in [0.25, 0.3) is 0 Å². The quantitative estimate of drug-likeness (QED) is 0.505. The highest BCUT2D eigenvalue weighted by atomic mass is 16.5. The van der Waals surface area contributed by atoms with Crippen LogP contribution in [0.2, 0.25) is 0 Å². The average molecular weight is 138 g/mol. The Bertz CT molecular complexity index is 191. The minimum Gasteiger partial charge on any atom is -0.363 e. The summed E-state index contributed by atoms with van der Waals surface area (Å²) in [4.78, 5) is 0. The molecule has 1 aliphatic heterocycles. The monoisotopic (exact) mass is 138 g/mol. The van der Waals surface area contributed by atoms with E-state index in [2.05, 4.69) is 26.5 Å². The van der Waals surface area contributed by atoms with Crippen molar-refractivity contribution in [2.45, 2.75) is 26.4 Å². The molecule has 0 aromatic carbocycles. The molecule has 0 saturated carbocycles. The summed E-state index contributed by atoms with van der Waals surface area (Å²) in [5.41, 5.74) is 2.18. The van der Waals surface area contributed by atoms with E-state index in [1.54, 1.807) is 0 Å². The standard InChI is InChI=1S/C9H14O/c1-7(2)9(4)8(3)5-6-10-9/h5H,1,6H2,2-4H3. The van der Waals surface area contributed by atoms with Gasteiger partial charge in [0.1, 0.15) is 5.60 Å². The first kappa shape index (κ1) is 7.55. The van der Waals surface area contributed by atoms with Crippen LogP contribution >= 0.6 is 0 Å². The summed E-state index contributed by atoms with van der Waals surface area (Å²) >= 11 is 0. The molecule has 1 atom stereocenters. The molecule has 0 amide bonds. The maximum Gasteiger partial charge on any atom is 0.107 e. The summed E-state index contributed by atoms with van der Waals surface area (Å²) in [5, 5.41) is 0. The lowest BCUT2D eigenvalue weighted by Crippen LogP contribution is -2.26. The molecule has 56 valence electrons. The second-order valence-electron chi connectivity index (χ2n) is 3.01. The number of hydrogen-bond donors (Lipinski definition) is 0. The van der Waals surface area contributed by atoms with Crippen molar-refractivity contribution in [1.82, 2.24) is 0 Å². The maximum atomic E-state index is 5.52. The third-order valence-electron chi connectivity index (χ3n) is 2.33. The van der Waals surface area contributed by atoms with Crippen molar-refractivity contribution >= 4 is 0 Å². The molecule has 1 heteroatoms. The van der Waals surface area contributed by atoms with E-state index in [0.29, 0.717) is 0 Å². The molecule has 1 nitrogen and oxygen atoms in total. The predicted octanol–water partition coefficient (Wildman–Crippen LogP) is 2.30. The first-order valence-corrected chi connectivity index (χ1v) is 3.54. The van der Waals surface area contributed by atoms with E-state index in [1.807, 2.05) is 6.92 Å². The molecule has 0 bridgehead atoms. The smallest absolute Gasteiger partial charge is 0.107 e. The molecule has 0 N–H and O–H groups in total. The lowest BCUT2D eigenvalue weighted by atomic mass is 9.92. The Morgan fingerprint density at radius 2 is 2.40 bits per heavy atom. The summed E-state index contributed by atoms with van der Waals surface area (Å²) in [6, 6.07) is 0. The van der Waals surface area contributed by atoms with Crippen LogP contribution in [0.4, 0.5) is 0 Å². The Balaban J connectivity index is 2.89. The highest BCUT2D eigenvalue weighted by Crippen LogP contribution is 2.32. The van der Waals surface area contributed by atoms with Crippen LogP contribution in [0, 0.1) is 0 Å². The molecule has 0 fully saturated rings. The van der Waals surface area contributed by atoms with E-state index in [9.17, 15) is 0 Å². The third kappa shape index (κ3) is 0.907. The van der Waals surface area contributed by atoms with E-state index in [4.69, 9.17) is 4.74 Å². The van der Waals surface area contributed by atoms with Crippen molar-refractivity contribution in [3.05, 3.63) is 23.8 Å². The Morgan fingerprint density at radius 1 is 1.80 bits per heavy atom. The molecule has 0 radical (unpaired) electrons. The summed E-state index contributed by atoms with van der Waals surface area (Å²) in [7, 11) is 0. The van der Waals surface area contributed by atoms with Crippen molar-refractivity contribution < 1.29 is 4.74 Å². The lowest BCUT2D eigenvalue weighted by Gasteiger charge is -2.25. The fourth-order valence-electron chi connectivity index (χ4n) is 1.10. The summed E-state index contributed by atoms with van der Waals surface area (Å²) in [6.07, 6.45) is 2.11. The van der Waals surface area contributed by atoms with Gasteiger partial charge < -0.3 is 4.74 Å². The van der Waals surface area contributed by atoms with Crippen LogP contribution in [0.15, 0.2) is 23.8 Å². The molecule has 0 saturated heterocycles. The van der Waals surface area contributed by atoms with Crippen molar-refractivity contribution in [2.24, 2.45) is 0 Å². The zero-order valence-corrected chi connectivity index (χ0v) is 6.90. The molecule has 1 unspecified atom stereocenters. The molecule has 1 aliphatic rings. The number of hydrogen-bond acceptors (Lipinski definition) is 1. The zero-order chi connectivity index (χ0) is 7.78. The van der Waals surface area contributed by atoms with Gasteiger partial charge >= 0.3 is 0 Å². The fraction of sp³-hybridized carbons (Fsp3) is 0.556. The Morgan fingerprint density at radius 3 is 2.60 bits per heavy atom. The van der Waals surface area contributed by atoms with Gasteiger partial charge in [-0.15, -0.1) is 0 Å². The van der Waals surface area contributed by atoms with Gasteiger partial charge in [-0.1, -0.05) is 12.7 Å². The van der Waals surface area contributed by atoms with Gasteiger partial charge in [0, 0.05) is 0 Å². The van der Waals surface area contributed by atoms with Crippen LogP contribution < -0.4 is 0 Å². The third-order valence-corrected chi connectivity index (χ3v) is 2.33. The Kier molecular flexibility index (Phi) is 1.69. The first-order valence-electron chi connectivity index (χ1n) is 3.54. The molecule has 0 spiro atoms. The molecule has 10 heavy (non-hydrogen) atoms. The van der Waals surface area contributed by atoms with Gasteiger partial charge in [0.2, 0.25) is 0 Å². The SMILES string of the molecule is C=C(C)C1(C)OCC=C1C. The Labute approximate surface area is 62.4 Å². The van der Waals surface area contributed by atoms with Gasteiger partial charge in [0.25, 0.3) is 0 Å². The van der Waals surface area contributed by atoms with E-state index >= 15 is 0 Å². The van der Waals surface area contributed by atoms with Gasteiger partial charge in [0.05, 0.1) is 6.61 Å². The Hall–Kier alpha value is -0.560. The first-order chi connectivity index (χ1) is 4.57. The molecule has 1 rings (SSSR count). The van der Waals surface area contributed by atoms with Gasteiger partial charge in [-0.25, -0.2) is 0 Å². The second-order valence-corrected chi connectivity index (χ2v) is 3.01. The maximum absolute atomic E-state index is 5.52. The summed E-state index contributed by atoms with van der Waals surface area (Å²) in [5.74, 6) is 0. The van der Waals surface area contributed by atoms with E-state index in [0.717, 1.165) is 12.2 Å². The van der Waals surface area contributed by atoms with Crippen molar-refractivity contribution in [3.63, 3.8) is 0 Å². The zero-order valence-electron chi connectivity index (χ0n) is 6.90. The minimum atomic E-state index is -0.181. The van der Waals surface area contributed by atoms with E-state index in [1.165, 1.54) is 5.57 Å². The van der Waals surface area contributed by atoms with E-state index < -0.39 is 0 Å². The molecule has 0 aliphatic carbocycles. The largest absolute Gasteiger partial charge is 0.363 e. The van der Waals surface area contributed by atoms with Crippen LogP contribution in [0.3, 0.4) is 0 Å². The van der Waals surface area contributed by atoms with Gasteiger partial charge in [-0.3, -0.25) is 0 Å². The predicted molar refractivity (Wildman–Crippen MR) is 42.9 cm³/mol. The topological polar surface area (TPSA) is 9.23 Å². The van der Waals surface area contributed by atoms with Crippen LogP contribution in [0.1, 0.15) is 20.8 Å². The number of ether oxygens (including phenoxy) is 1. The fourth-order valence-corrected chi connectivity index (χ4v) is 1.10. The summed E-state index contributed by atoms with van der Waals surface area (Å²) < 4.78 is 5.52. The minimum absolute atomic E-state index is 0.181. The van der Waals surface area contributed by atoms with Gasteiger partial charge in [-0.2, -0.15) is 0 Å². The highest BCUT2D eigenvalue weighted by molar-refractivity contribution is 5.30. The normalized spacial score (nSPS) is 32.1. The summed E-state index contributed by atoms with van der Waals surface area (Å²) in [6.45, 7) is 10.8. The van der Waals surface area contributed by atoms with Gasteiger partial charge in [0.15, 0.2) is 0 Å². The average Bonchev–Trinajstić information content (AvgIpc) is 2.15. The number of rotatable bonds is 1. The van der Waals surface area contributed by atoms with Crippen LogP contribution in [-0.2, 0) is 4.74 Å². The second kappa shape index (κ2) is 2.24. The van der Waals surface area contributed by atoms with Crippen LogP contribution in [0.5, 0.6) is 0 Å².